The Morgan fingerprint density at radius 1 is 1.32 bits per heavy atom. The van der Waals surface area contributed by atoms with Crippen molar-refractivity contribution in [1.82, 2.24) is 0 Å². The largest absolute Gasteiger partial charge is 0.487 e. The molecule has 0 bridgehead atoms. The minimum atomic E-state index is -0.547. The third-order valence-corrected chi connectivity index (χ3v) is 2.98. The van der Waals surface area contributed by atoms with E-state index in [1.54, 1.807) is 30.3 Å². The normalized spacial score (nSPS) is 10.0. The van der Waals surface area contributed by atoms with Crippen LogP contribution in [0.2, 0.25) is 5.02 Å². The van der Waals surface area contributed by atoms with Gasteiger partial charge >= 0.3 is 0 Å². The van der Waals surface area contributed by atoms with Crippen molar-refractivity contribution in [3.63, 3.8) is 0 Å². The number of rotatable bonds is 3. The second kappa shape index (κ2) is 5.73. The van der Waals surface area contributed by atoms with Gasteiger partial charge in [-0.15, -0.1) is 0 Å². The highest BCUT2D eigenvalue weighted by Gasteiger charge is 2.09. The summed E-state index contributed by atoms with van der Waals surface area (Å²) in [6, 6.07) is 11.8. The summed E-state index contributed by atoms with van der Waals surface area (Å²) in [6.45, 7) is 1.95. The summed E-state index contributed by atoms with van der Waals surface area (Å²) in [5.74, 6) is -0.0443. The third-order valence-electron chi connectivity index (χ3n) is 2.67. The van der Waals surface area contributed by atoms with Gasteiger partial charge in [0.25, 0.3) is 0 Å². The quantitative estimate of drug-likeness (QED) is 0.839. The molecule has 0 fully saturated rings. The summed E-state index contributed by atoms with van der Waals surface area (Å²) in [7, 11) is 0. The number of hydrogen-bond donors (Lipinski definition) is 0. The predicted molar refractivity (Wildman–Crippen MR) is 71.6 cm³/mol. The SMILES string of the molecule is Cc1ccc(Cl)c(OCc2cccc(C#N)c2F)c1. The molecule has 2 aromatic rings. The van der Waals surface area contributed by atoms with E-state index in [2.05, 4.69) is 0 Å². The molecule has 96 valence electrons. The molecule has 0 amide bonds. The zero-order chi connectivity index (χ0) is 13.8. The predicted octanol–water partition coefficient (Wildman–Crippen LogP) is 4.24. The molecule has 2 nitrogen and oxygen atoms in total. The number of halogens is 2. The molecule has 0 aliphatic rings. The lowest BCUT2D eigenvalue weighted by Crippen LogP contribution is -2.00. The summed E-state index contributed by atoms with van der Waals surface area (Å²) in [5.41, 5.74) is 1.35. The van der Waals surface area contributed by atoms with Gasteiger partial charge in [-0.1, -0.05) is 29.8 Å². The first kappa shape index (κ1) is 13.4. The van der Waals surface area contributed by atoms with Crippen molar-refractivity contribution < 1.29 is 9.13 Å². The minimum absolute atomic E-state index is 0.0106. The average molecular weight is 276 g/mol. The number of nitriles is 1. The van der Waals surface area contributed by atoms with E-state index in [1.165, 1.54) is 6.07 Å². The molecule has 4 heteroatoms. The second-order valence-electron chi connectivity index (χ2n) is 4.11. The minimum Gasteiger partial charge on any atom is -0.487 e. The Hall–Kier alpha value is -2.05. The van der Waals surface area contributed by atoms with Crippen molar-refractivity contribution in [2.75, 3.05) is 0 Å². The molecule has 0 N–H and O–H groups in total. The van der Waals surface area contributed by atoms with Crippen molar-refractivity contribution in [2.24, 2.45) is 0 Å². The zero-order valence-corrected chi connectivity index (χ0v) is 11.0. The summed E-state index contributed by atoms with van der Waals surface area (Å²) >= 11 is 5.99. The molecule has 0 atom stereocenters. The van der Waals surface area contributed by atoms with E-state index in [-0.39, 0.29) is 12.2 Å². The van der Waals surface area contributed by atoms with E-state index in [0.717, 1.165) is 5.56 Å². The molecular weight excluding hydrogens is 265 g/mol. The average Bonchev–Trinajstić information content (AvgIpc) is 2.41. The van der Waals surface area contributed by atoms with Gasteiger partial charge in [-0.05, 0) is 30.7 Å². The number of nitrogens with zero attached hydrogens (tertiary/aromatic N) is 1. The van der Waals surface area contributed by atoms with Crippen LogP contribution in [0.15, 0.2) is 36.4 Å². The number of hydrogen-bond acceptors (Lipinski definition) is 2. The Balaban J connectivity index is 2.20. The van der Waals surface area contributed by atoms with E-state index >= 15 is 0 Å². The monoisotopic (exact) mass is 275 g/mol. The fourth-order valence-electron chi connectivity index (χ4n) is 1.65. The van der Waals surface area contributed by atoms with Crippen LogP contribution in [0.25, 0.3) is 0 Å². The van der Waals surface area contributed by atoms with Crippen LogP contribution in [-0.2, 0) is 6.61 Å². The van der Waals surface area contributed by atoms with E-state index in [4.69, 9.17) is 21.6 Å². The maximum absolute atomic E-state index is 13.8. The first-order valence-electron chi connectivity index (χ1n) is 5.68. The first-order valence-corrected chi connectivity index (χ1v) is 6.06. The lowest BCUT2D eigenvalue weighted by molar-refractivity contribution is 0.299. The molecule has 0 aromatic heterocycles. The van der Waals surface area contributed by atoms with Crippen molar-refractivity contribution >= 4 is 11.6 Å². The smallest absolute Gasteiger partial charge is 0.147 e. The van der Waals surface area contributed by atoms with Gasteiger partial charge in [-0.2, -0.15) is 5.26 Å². The van der Waals surface area contributed by atoms with Crippen LogP contribution < -0.4 is 4.74 Å². The van der Waals surface area contributed by atoms with Gasteiger partial charge in [-0.3, -0.25) is 0 Å². The van der Waals surface area contributed by atoms with Crippen LogP contribution in [-0.4, -0.2) is 0 Å². The molecule has 0 unspecified atom stereocenters. The molecule has 0 spiro atoms. The van der Waals surface area contributed by atoms with Crippen molar-refractivity contribution in [2.45, 2.75) is 13.5 Å². The standard InChI is InChI=1S/C15H11ClFNO/c1-10-5-6-13(16)14(7-10)19-9-12-4-2-3-11(8-18)15(12)17/h2-7H,9H2,1H3. The van der Waals surface area contributed by atoms with Gasteiger partial charge in [0, 0.05) is 5.56 Å². The third kappa shape index (κ3) is 3.04. The van der Waals surface area contributed by atoms with E-state index in [9.17, 15) is 4.39 Å². The molecular formula is C15H11ClFNO. The van der Waals surface area contributed by atoms with Gasteiger partial charge in [0.15, 0.2) is 0 Å². The molecule has 0 heterocycles. The van der Waals surface area contributed by atoms with Crippen LogP contribution >= 0.6 is 11.6 Å². The lowest BCUT2D eigenvalue weighted by Gasteiger charge is -2.10. The second-order valence-corrected chi connectivity index (χ2v) is 4.52. The topological polar surface area (TPSA) is 33.0 Å². The Bertz CT molecular complexity index is 649. The molecule has 0 saturated carbocycles. The maximum Gasteiger partial charge on any atom is 0.147 e. The van der Waals surface area contributed by atoms with Crippen LogP contribution in [0.5, 0.6) is 5.75 Å². The van der Waals surface area contributed by atoms with Crippen LogP contribution in [0.1, 0.15) is 16.7 Å². The summed E-state index contributed by atoms with van der Waals surface area (Å²) in [5, 5.41) is 9.23. The Labute approximate surface area is 116 Å². The van der Waals surface area contributed by atoms with Gasteiger partial charge in [0.2, 0.25) is 0 Å². The molecule has 0 saturated heterocycles. The van der Waals surface area contributed by atoms with Crippen molar-refractivity contribution in [1.29, 1.82) is 5.26 Å². The molecule has 2 aromatic carbocycles. The first-order chi connectivity index (χ1) is 9.11. The Morgan fingerprint density at radius 2 is 2.11 bits per heavy atom. The highest BCUT2D eigenvalue weighted by molar-refractivity contribution is 6.32. The van der Waals surface area contributed by atoms with Crippen LogP contribution in [0, 0.1) is 24.1 Å². The van der Waals surface area contributed by atoms with Crippen molar-refractivity contribution in [3.8, 4) is 11.8 Å². The van der Waals surface area contributed by atoms with Gasteiger partial charge < -0.3 is 4.74 Å². The Kier molecular flexibility index (Phi) is 4.03. The number of ether oxygens (including phenoxy) is 1. The molecule has 2 rings (SSSR count). The van der Waals surface area contributed by atoms with E-state index in [0.29, 0.717) is 16.3 Å². The highest BCUT2D eigenvalue weighted by atomic mass is 35.5. The number of benzene rings is 2. The van der Waals surface area contributed by atoms with Gasteiger partial charge in [-0.25, -0.2) is 4.39 Å². The van der Waals surface area contributed by atoms with Gasteiger partial charge in [0.05, 0.1) is 10.6 Å². The van der Waals surface area contributed by atoms with Crippen LogP contribution in [0.3, 0.4) is 0 Å². The maximum atomic E-state index is 13.8. The summed E-state index contributed by atoms with van der Waals surface area (Å²) in [6.07, 6.45) is 0. The summed E-state index contributed by atoms with van der Waals surface area (Å²) in [4.78, 5) is 0. The lowest BCUT2D eigenvalue weighted by atomic mass is 10.1. The molecule has 0 radical (unpaired) electrons. The molecule has 19 heavy (non-hydrogen) atoms. The zero-order valence-electron chi connectivity index (χ0n) is 10.3. The van der Waals surface area contributed by atoms with Crippen molar-refractivity contribution in [3.05, 3.63) is 63.9 Å². The summed E-state index contributed by atoms with van der Waals surface area (Å²) < 4.78 is 19.3. The highest BCUT2D eigenvalue weighted by Crippen LogP contribution is 2.26. The van der Waals surface area contributed by atoms with E-state index in [1.807, 2.05) is 13.0 Å². The van der Waals surface area contributed by atoms with Gasteiger partial charge in [0.1, 0.15) is 24.2 Å². The molecule has 0 aliphatic carbocycles. The Morgan fingerprint density at radius 3 is 2.84 bits per heavy atom. The number of aryl methyl sites for hydroxylation is 1. The van der Waals surface area contributed by atoms with Crippen LogP contribution in [0.4, 0.5) is 4.39 Å². The fraction of sp³-hybridized carbons (Fsp3) is 0.133. The fourth-order valence-corrected chi connectivity index (χ4v) is 1.83. The molecule has 0 aliphatic heterocycles. The van der Waals surface area contributed by atoms with E-state index < -0.39 is 5.82 Å².